The SMILES string of the molecule is CC(C)(C)OC(=O)N1CCN(c2ccc3c(c2)N(c2cccc(Cl)c2C=O)C(=O)C3(C)C)CC1. The molecule has 1 fully saturated rings. The number of carbonyl (C=O) groups is 3. The Labute approximate surface area is 205 Å². The number of aldehydes is 1. The quantitative estimate of drug-likeness (QED) is 0.563. The second-order valence-corrected chi connectivity index (χ2v) is 10.6. The Bertz CT molecular complexity index is 1150. The second kappa shape index (κ2) is 8.62. The maximum absolute atomic E-state index is 13.5. The largest absolute Gasteiger partial charge is 0.444 e. The molecule has 34 heavy (non-hydrogen) atoms. The van der Waals surface area contributed by atoms with Crippen LogP contribution in [0.25, 0.3) is 0 Å². The summed E-state index contributed by atoms with van der Waals surface area (Å²) in [6.45, 7) is 11.7. The molecule has 0 radical (unpaired) electrons. The summed E-state index contributed by atoms with van der Waals surface area (Å²) in [7, 11) is 0. The zero-order chi connectivity index (χ0) is 24.8. The molecule has 0 aromatic heterocycles. The van der Waals surface area contributed by atoms with Gasteiger partial charge < -0.3 is 14.5 Å². The minimum absolute atomic E-state index is 0.111. The molecule has 0 unspecified atom stereocenters. The van der Waals surface area contributed by atoms with E-state index in [0.717, 1.165) is 16.9 Å². The molecule has 2 amide bonds. The van der Waals surface area contributed by atoms with Crippen molar-refractivity contribution in [1.29, 1.82) is 0 Å². The standard InChI is InChI=1S/C26H30ClN3O4/c1-25(2,3)34-24(33)29-13-11-28(12-14-29)17-9-10-19-22(15-17)30(23(32)26(19,4)5)21-8-6-7-20(27)18(21)16-31/h6-10,15-16H,11-14H2,1-5H3. The number of piperazine rings is 1. The van der Waals surface area contributed by atoms with Crippen LogP contribution in [0.1, 0.15) is 50.5 Å². The normalized spacial score (nSPS) is 17.6. The summed E-state index contributed by atoms with van der Waals surface area (Å²) in [5, 5.41) is 0.306. The van der Waals surface area contributed by atoms with E-state index < -0.39 is 11.0 Å². The number of carbonyl (C=O) groups excluding carboxylic acids is 3. The molecule has 2 aliphatic rings. The number of ether oxygens (including phenoxy) is 1. The predicted molar refractivity (Wildman–Crippen MR) is 133 cm³/mol. The third-order valence-corrected chi connectivity index (χ3v) is 6.65. The number of fused-ring (bicyclic) bond motifs is 1. The van der Waals surface area contributed by atoms with E-state index in [1.807, 2.05) is 52.8 Å². The van der Waals surface area contributed by atoms with Crippen LogP contribution in [0.2, 0.25) is 5.02 Å². The van der Waals surface area contributed by atoms with Crippen molar-refractivity contribution in [3.8, 4) is 0 Å². The molecule has 0 spiro atoms. The number of anilines is 3. The first-order valence-electron chi connectivity index (χ1n) is 11.4. The zero-order valence-corrected chi connectivity index (χ0v) is 21.0. The van der Waals surface area contributed by atoms with Gasteiger partial charge in [0.1, 0.15) is 5.60 Å². The number of nitrogens with zero attached hydrogens (tertiary/aromatic N) is 3. The van der Waals surface area contributed by atoms with Crippen LogP contribution in [0, 0.1) is 0 Å². The van der Waals surface area contributed by atoms with E-state index in [1.165, 1.54) is 0 Å². The van der Waals surface area contributed by atoms with Gasteiger partial charge in [-0.25, -0.2) is 4.79 Å². The lowest BCUT2D eigenvalue weighted by atomic mass is 9.86. The van der Waals surface area contributed by atoms with Crippen molar-refractivity contribution in [3.63, 3.8) is 0 Å². The van der Waals surface area contributed by atoms with Crippen molar-refractivity contribution in [2.45, 2.75) is 45.6 Å². The maximum Gasteiger partial charge on any atom is 0.410 e. The van der Waals surface area contributed by atoms with Crippen LogP contribution in [0.5, 0.6) is 0 Å². The lowest BCUT2D eigenvalue weighted by molar-refractivity contribution is -0.121. The summed E-state index contributed by atoms with van der Waals surface area (Å²) in [5.41, 5.74) is 2.08. The Kier molecular flexibility index (Phi) is 6.10. The minimum Gasteiger partial charge on any atom is -0.444 e. The molecule has 2 heterocycles. The first-order valence-corrected chi connectivity index (χ1v) is 11.8. The lowest BCUT2D eigenvalue weighted by Gasteiger charge is -2.37. The van der Waals surface area contributed by atoms with Crippen molar-refractivity contribution in [2.24, 2.45) is 0 Å². The Morgan fingerprint density at radius 3 is 2.35 bits per heavy atom. The van der Waals surface area contributed by atoms with Crippen LogP contribution >= 0.6 is 11.6 Å². The summed E-state index contributed by atoms with van der Waals surface area (Å²) in [6, 6.07) is 11.1. The second-order valence-electron chi connectivity index (χ2n) is 10.2. The Morgan fingerprint density at radius 2 is 1.74 bits per heavy atom. The number of halogens is 1. The molecular weight excluding hydrogens is 454 g/mol. The summed E-state index contributed by atoms with van der Waals surface area (Å²) < 4.78 is 5.49. The van der Waals surface area contributed by atoms with Crippen molar-refractivity contribution >= 4 is 46.9 Å². The van der Waals surface area contributed by atoms with E-state index in [1.54, 1.807) is 28.0 Å². The van der Waals surface area contributed by atoms with Gasteiger partial charge in [0.2, 0.25) is 5.91 Å². The summed E-state index contributed by atoms with van der Waals surface area (Å²) in [4.78, 5) is 43.2. The Morgan fingerprint density at radius 1 is 1.06 bits per heavy atom. The van der Waals surface area contributed by atoms with E-state index >= 15 is 0 Å². The fourth-order valence-corrected chi connectivity index (χ4v) is 4.70. The van der Waals surface area contributed by atoms with E-state index in [2.05, 4.69) is 4.90 Å². The van der Waals surface area contributed by atoms with E-state index in [0.29, 0.717) is 43.2 Å². The highest BCUT2D eigenvalue weighted by atomic mass is 35.5. The molecule has 180 valence electrons. The van der Waals surface area contributed by atoms with Crippen LogP contribution < -0.4 is 9.80 Å². The highest BCUT2D eigenvalue weighted by Gasteiger charge is 2.45. The van der Waals surface area contributed by atoms with Gasteiger partial charge in [0.25, 0.3) is 0 Å². The molecule has 0 atom stereocenters. The number of rotatable bonds is 3. The van der Waals surface area contributed by atoms with Gasteiger partial charge in [-0.1, -0.05) is 23.7 Å². The van der Waals surface area contributed by atoms with Crippen LogP contribution in [-0.4, -0.2) is 55.0 Å². The number of benzene rings is 2. The van der Waals surface area contributed by atoms with Crippen LogP contribution in [0.3, 0.4) is 0 Å². The molecule has 0 saturated carbocycles. The smallest absolute Gasteiger partial charge is 0.410 e. The molecule has 4 rings (SSSR count). The number of amides is 2. The van der Waals surface area contributed by atoms with Gasteiger partial charge in [-0.3, -0.25) is 14.5 Å². The van der Waals surface area contributed by atoms with Gasteiger partial charge >= 0.3 is 6.09 Å². The van der Waals surface area contributed by atoms with Crippen LogP contribution in [0.4, 0.5) is 21.9 Å². The minimum atomic E-state index is -0.744. The highest BCUT2D eigenvalue weighted by molar-refractivity contribution is 6.34. The summed E-state index contributed by atoms with van der Waals surface area (Å²) in [6.07, 6.45) is 0.386. The van der Waals surface area contributed by atoms with Gasteiger partial charge in [0.15, 0.2) is 6.29 Å². The van der Waals surface area contributed by atoms with Gasteiger partial charge in [0, 0.05) is 31.9 Å². The van der Waals surface area contributed by atoms with Gasteiger partial charge in [-0.2, -0.15) is 0 Å². The van der Waals surface area contributed by atoms with Gasteiger partial charge in [-0.05, 0) is 64.4 Å². The maximum atomic E-state index is 13.5. The Hall–Kier alpha value is -3.06. The molecule has 0 bridgehead atoms. The van der Waals surface area contributed by atoms with E-state index in [9.17, 15) is 14.4 Å². The molecule has 0 N–H and O–H groups in total. The van der Waals surface area contributed by atoms with E-state index in [-0.39, 0.29) is 17.6 Å². The monoisotopic (exact) mass is 483 g/mol. The van der Waals surface area contributed by atoms with Crippen molar-refractivity contribution < 1.29 is 19.1 Å². The molecule has 2 aromatic carbocycles. The molecule has 1 saturated heterocycles. The average molecular weight is 484 g/mol. The third kappa shape index (κ3) is 4.25. The predicted octanol–water partition coefficient (Wildman–Crippen LogP) is 5.17. The fourth-order valence-electron chi connectivity index (χ4n) is 4.48. The van der Waals surface area contributed by atoms with Crippen LogP contribution in [-0.2, 0) is 14.9 Å². The molecule has 2 aromatic rings. The summed E-state index contributed by atoms with van der Waals surface area (Å²) >= 11 is 6.27. The number of hydrogen-bond acceptors (Lipinski definition) is 5. The molecule has 0 aliphatic carbocycles. The number of hydrogen-bond donors (Lipinski definition) is 0. The van der Waals surface area contributed by atoms with Crippen molar-refractivity contribution in [3.05, 3.63) is 52.5 Å². The topological polar surface area (TPSA) is 70.2 Å². The van der Waals surface area contributed by atoms with Gasteiger partial charge in [0.05, 0.1) is 27.4 Å². The summed E-state index contributed by atoms with van der Waals surface area (Å²) in [5.74, 6) is -0.111. The fraction of sp³-hybridized carbons (Fsp3) is 0.423. The van der Waals surface area contributed by atoms with Crippen LogP contribution in [0.15, 0.2) is 36.4 Å². The Balaban J connectivity index is 1.63. The first kappa shape index (κ1) is 24.1. The van der Waals surface area contributed by atoms with Crippen molar-refractivity contribution in [1.82, 2.24) is 4.90 Å². The highest BCUT2D eigenvalue weighted by Crippen LogP contribution is 2.48. The molecular formula is C26H30ClN3O4. The molecule has 2 aliphatic heterocycles. The first-order chi connectivity index (χ1) is 15.9. The van der Waals surface area contributed by atoms with E-state index in [4.69, 9.17) is 16.3 Å². The van der Waals surface area contributed by atoms with Crippen molar-refractivity contribution in [2.75, 3.05) is 36.0 Å². The average Bonchev–Trinajstić information content (AvgIpc) is 2.97. The van der Waals surface area contributed by atoms with Gasteiger partial charge in [-0.15, -0.1) is 0 Å². The zero-order valence-electron chi connectivity index (χ0n) is 20.2. The third-order valence-electron chi connectivity index (χ3n) is 6.32. The molecule has 7 nitrogen and oxygen atoms in total. The lowest BCUT2D eigenvalue weighted by Crippen LogP contribution is -2.50. The molecule has 8 heteroatoms.